The first kappa shape index (κ1) is 13.5. The van der Waals surface area contributed by atoms with Gasteiger partial charge >= 0.3 is 0 Å². The van der Waals surface area contributed by atoms with Crippen LogP contribution in [0.2, 0.25) is 0 Å². The summed E-state index contributed by atoms with van der Waals surface area (Å²) in [5, 5.41) is 8.93. The fraction of sp³-hybridized carbons (Fsp3) is 0.133. The van der Waals surface area contributed by atoms with E-state index in [0.29, 0.717) is 13.0 Å². The summed E-state index contributed by atoms with van der Waals surface area (Å²) >= 11 is 1.59. The number of amides is 1. The van der Waals surface area contributed by atoms with Crippen molar-refractivity contribution in [1.29, 1.82) is 0 Å². The summed E-state index contributed by atoms with van der Waals surface area (Å²) in [6, 6.07) is 11.7. The number of nitrogens with one attached hydrogen (secondary N) is 1. The number of hydrogen-bond acceptors (Lipinski definition) is 4. The molecule has 0 atom stereocenters. The van der Waals surface area contributed by atoms with Crippen LogP contribution in [0.4, 0.5) is 5.69 Å². The Labute approximate surface area is 126 Å². The fourth-order valence-electron chi connectivity index (χ4n) is 1.97. The summed E-state index contributed by atoms with van der Waals surface area (Å²) in [6.07, 6.45) is 3.61. The first-order valence-electron chi connectivity index (χ1n) is 6.53. The highest BCUT2D eigenvalue weighted by atomic mass is 32.1. The Bertz CT molecular complexity index is 690. The molecule has 0 bridgehead atoms. The van der Waals surface area contributed by atoms with Crippen LogP contribution in [0.3, 0.4) is 0 Å². The monoisotopic (exact) mass is 298 g/mol. The number of anilines is 1. The molecule has 2 aromatic heterocycles. The van der Waals surface area contributed by atoms with Crippen LogP contribution < -0.4 is 5.32 Å². The van der Waals surface area contributed by atoms with Gasteiger partial charge in [-0.1, -0.05) is 18.2 Å². The maximum Gasteiger partial charge on any atom is 0.229 e. The van der Waals surface area contributed by atoms with Gasteiger partial charge in [0.05, 0.1) is 13.0 Å². The van der Waals surface area contributed by atoms with E-state index < -0.39 is 0 Å². The summed E-state index contributed by atoms with van der Waals surface area (Å²) in [6.45, 7) is 0.670. The number of hydrogen-bond donors (Lipinski definition) is 1. The molecule has 1 aromatic carbocycles. The number of nitrogens with zero attached hydrogens (tertiary/aromatic N) is 3. The van der Waals surface area contributed by atoms with Crippen molar-refractivity contribution in [2.75, 3.05) is 5.32 Å². The average molecular weight is 298 g/mol. The summed E-state index contributed by atoms with van der Waals surface area (Å²) in [5.41, 5.74) is 1.91. The number of rotatable bonds is 5. The van der Waals surface area contributed by atoms with Crippen molar-refractivity contribution in [2.45, 2.75) is 13.0 Å². The fourth-order valence-corrected chi connectivity index (χ4v) is 2.68. The van der Waals surface area contributed by atoms with Crippen molar-refractivity contribution < 1.29 is 4.79 Å². The van der Waals surface area contributed by atoms with E-state index >= 15 is 0 Å². The molecule has 0 unspecified atom stereocenters. The number of carbonyl (C=O) groups excluding carboxylic acids is 1. The Kier molecular flexibility index (Phi) is 4.07. The molecule has 0 saturated carbocycles. The first-order chi connectivity index (χ1) is 10.3. The van der Waals surface area contributed by atoms with Gasteiger partial charge in [-0.25, -0.2) is 9.67 Å². The third-order valence-electron chi connectivity index (χ3n) is 2.96. The minimum Gasteiger partial charge on any atom is -0.326 e. The smallest absolute Gasteiger partial charge is 0.229 e. The Morgan fingerprint density at radius 3 is 2.76 bits per heavy atom. The molecule has 0 aliphatic heterocycles. The lowest BCUT2D eigenvalue weighted by molar-refractivity contribution is -0.115. The van der Waals surface area contributed by atoms with E-state index in [2.05, 4.69) is 15.4 Å². The molecule has 0 radical (unpaired) electrons. The van der Waals surface area contributed by atoms with Crippen LogP contribution in [-0.4, -0.2) is 20.7 Å². The Morgan fingerprint density at radius 1 is 1.24 bits per heavy atom. The largest absolute Gasteiger partial charge is 0.326 e. The van der Waals surface area contributed by atoms with E-state index in [-0.39, 0.29) is 5.91 Å². The third-order valence-corrected chi connectivity index (χ3v) is 3.84. The van der Waals surface area contributed by atoms with Crippen LogP contribution in [0.1, 0.15) is 10.4 Å². The van der Waals surface area contributed by atoms with Crippen LogP contribution in [0.5, 0.6) is 0 Å². The third kappa shape index (κ3) is 3.76. The van der Waals surface area contributed by atoms with E-state index in [1.165, 1.54) is 6.33 Å². The molecule has 2 heterocycles. The van der Waals surface area contributed by atoms with Crippen LogP contribution in [0.25, 0.3) is 0 Å². The van der Waals surface area contributed by atoms with E-state index in [1.54, 1.807) is 22.3 Å². The molecule has 0 aliphatic rings. The van der Waals surface area contributed by atoms with Gasteiger partial charge in [-0.2, -0.15) is 5.10 Å². The molecule has 6 heteroatoms. The van der Waals surface area contributed by atoms with Gasteiger partial charge in [0.2, 0.25) is 5.91 Å². The van der Waals surface area contributed by atoms with Crippen LogP contribution in [0.15, 0.2) is 54.4 Å². The predicted molar refractivity (Wildman–Crippen MR) is 82.2 cm³/mol. The predicted octanol–water partition coefficient (Wildman–Crippen LogP) is 2.57. The SMILES string of the molecule is O=C(Cc1cccs1)Nc1ccc(Cn2cncn2)cc1. The summed E-state index contributed by atoms with van der Waals surface area (Å²) < 4.78 is 1.75. The van der Waals surface area contributed by atoms with E-state index in [4.69, 9.17) is 0 Å². The number of benzene rings is 1. The standard InChI is InChI=1S/C15H14N4OS/c20-15(8-14-2-1-7-21-14)18-13-5-3-12(4-6-13)9-19-11-16-10-17-19/h1-7,10-11H,8-9H2,(H,18,20). The van der Waals surface area contributed by atoms with Gasteiger partial charge in [0.1, 0.15) is 12.7 Å². The molecule has 0 fully saturated rings. The lowest BCUT2D eigenvalue weighted by atomic mass is 10.2. The molecule has 0 spiro atoms. The molecule has 3 aromatic rings. The quantitative estimate of drug-likeness (QED) is 0.787. The number of carbonyl (C=O) groups is 1. The van der Waals surface area contributed by atoms with Crippen molar-refractivity contribution in [2.24, 2.45) is 0 Å². The Hall–Kier alpha value is -2.47. The zero-order valence-electron chi connectivity index (χ0n) is 11.3. The van der Waals surface area contributed by atoms with Gasteiger partial charge in [-0.15, -0.1) is 11.3 Å². The van der Waals surface area contributed by atoms with Crippen LogP contribution in [-0.2, 0) is 17.8 Å². The average Bonchev–Trinajstić information content (AvgIpc) is 3.14. The Balaban J connectivity index is 1.58. The molecule has 0 aliphatic carbocycles. The summed E-state index contributed by atoms with van der Waals surface area (Å²) in [5.74, 6) is 0.00137. The molecule has 21 heavy (non-hydrogen) atoms. The van der Waals surface area contributed by atoms with E-state index in [0.717, 1.165) is 16.1 Å². The van der Waals surface area contributed by atoms with Crippen molar-refractivity contribution >= 4 is 22.9 Å². The van der Waals surface area contributed by atoms with Crippen LogP contribution in [0, 0.1) is 0 Å². The van der Waals surface area contributed by atoms with Gasteiger partial charge in [-0.3, -0.25) is 4.79 Å². The van der Waals surface area contributed by atoms with Gasteiger partial charge in [0.15, 0.2) is 0 Å². The molecule has 0 saturated heterocycles. The molecule has 5 nitrogen and oxygen atoms in total. The van der Waals surface area contributed by atoms with Gasteiger partial charge < -0.3 is 5.32 Å². The van der Waals surface area contributed by atoms with Gasteiger partial charge in [0, 0.05) is 10.6 Å². The Morgan fingerprint density at radius 2 is 2.10 bits per heavy atom. The highest BCUT2D eigenvalue weighted by Crippen LogP contribution is 2.13. The molecule has 106 valence electrons. The second-order valence-corrected chi connectivity index (χ2v) is 5.63. The van der Waals surface area contributed by atoms with Gasteiger partial charge in [0.25, 0.3) is 0 Å². The van der Waals surface area contributed by atoms with Crippen molar-refractivity contribution in [1.82, 2.24) is 14.8 Å². The molecule has 3 rings (SSSR count). The van der Waals surface area contributed by atoms with Gasteiger partial charge in [-0.05, 0) is 29.1 Å². The van der Waals surface area contributed by atoms with Crippen LogP contribution >= 0.6 is 11.3 Å². The minimum atomic E-state index is 0.00137. The molecular formula is C15H14N4OS. The zero-order chi connectivity index (χ0) is 14.5. The number of thiophene rings is 1. The lowest BCUT2D eigenvalue weighted by Crippen LogP contribution is -2.13. The zero-order valence-corrected chi connectivity index (χ0v) is 12.1. The summed E-state index contributed by atoms with van der Waals surface area (Å²) in [4.78, 5) is 16.9. The normalized spacial score (nSPS) is 10.5. The maximum absolute atomic E-state index is 11.9. The second kappa shape index (κ2) is 6.32. The van der Waals surface area contributed by atoms with Crippen molar-refractivity contribution in [3.05, 3.63) is 64.9 Å². The topological polar surface area (TPSA) is 59.8 Å². The van der Waals surface area contributed by atoms with Crippen molar-refractivity contribution in [3.8, 4) is 0 Å². The molecular weight excluding hydrogens is 284 g/mol. The second-order valence-electron chi connectivity index (χ2n) is 4.59. The lowest BCUT2D eigenvalue weighted by Gasteiger charge is -2.06. The first-order valence-corrected chi connectivity index (χ1v) is 7.41. The number of aromatic nitrogens is 3. The molecule has 1 N–H and O–H groups in total. The van der Waals surface area contributed by atoms with Crippen molar-refractivity contribution in [3.63, 3.8) is 0 Å². The van der Waals surface area contributed by atoms with E-state index in [1.807, 2.05) is 41.8 Å². The maximum atomic E-state index is 11.9. The molecule has 1 amide bonds. The highest BCUT2D eigenvalue weighted by molar-refractivity contribution is 7.10. The van der Waals surface area contributed by atoms with E-state index in [9.17, 15) is 4.79 Å². The minimum absolute atomic E-state index is 0.00137. The summed E-state index contributed by atoms with van der Waals surface area (Å²) in [7, 11) is 0. The highest BCUT2D eigenvalue weighted by Gasteiger charge is 2.05.